The lowest BCUT2D eigenvalue weighted by atomic mass is 9.96. The lowest BCUT2D eigenvalue weighted by Gasteiger charge is -2.17. The number of rotatable bonds is 6. The first kappa shape index (κ1) is 17.6. The highest BCUT2D eigenvalue weighted by molar-refractivity contribution is 7.89. The van der Waals surface area contributed by atoms with Crippen LogP contribution in [0.1, 0.15) is 28.8 Å². The summed E-state index contributed by atoms with van der Waals surface area (Å²) in [6.45, 7) is 0.591. The lowest BCUT2D eigenvalue weighted by Crippen LogP contribution is -2.32. The van der Waals surface area contributed by atoms with Crippen LogP contribution in [0, 0.1) is 0 Å². The van der Waals surface area contributed by atoms with Gasteiger partial charge >= 0.3 is 0 Å². The van der Waals surface area contributed by atoms with Crippen molar-refractivity contribution in [2.24, 2.45) is 0 Å². The molecule has 1 N–H and O–H groups in total. The third kappa shape index (κ3) is 3.60. The van der Waals surface area contributed by atoms with Crippen molar-refractivity contribution in [3.63, 3.8) is 0 Å². The summed E-state index contributed by atoms with van der Waals surface area (Å²) in [4.78, 5) is 12.6. The summed E-state index contributed by atoms with van der Waals surface area (Å²) in [5, 5.41) is 2.98. The molecule has 6 heteroatoms. The van der Waals surface area contributed by atoms with E-state index in [1.807, 2.05) is 18.2 Å². The van der Waals surface area contributed by atoms with E-state index in [-0.39, 0.29) is 16.2 Å². The number of amides is 1. The van der Waals surface area contributed by atoms with Crippen LogP contribution in [0.5, 0.6) is 0 Å². The third-order valence-electron chi connectivity index (χ3n) is 4.72. The normalized spacial score (nSPS) is 15.8. The van der Waals surface area contributed by atoms with E-state index in [9.17, 15) is 13.2 Å². The van der Waals surface area contributed by atoms with E-state index >= 15 is 0 Å². The van der Waals surface area contributed by atoms with Gasteiger partial charge in [-0.25, -0.2) is 12.7 Å². The number of hydrogen-bond acceptors (Lipinski definition) is 3. The van der Waals surface area contributed by atoms with Gasteiger partial charge in [-0.05, 0) is 42.7 Å². The van der Waals surface area contributed by atoms with E-state index < -0.39 is 10.0 Å². The summed E-state index contributed by atoms with van der Waals surface area (Å²) < 4.78 is 25.3. The summed E-state index contributed by atoms with van der Waals surface area (Å²) in [6.07, 6.45) is 2.13. The van der Waals surface area contributed by atoms with E-state index in [4.69, 9.17) is 0 Å². The minimum atomic E-state index is -3.48. The molecule has 0 aliphatic heterocycles. The molecule has 0 bridgehead atoms. The average molecular weight is 358 g/mol. The Morgan fingerprint density at radius 2 is 1.64 bits per heavy atom. The van der Waals surface area contributed by atoms with Gasteiger partial charge in [0.05, 0.1) is 4.90 Å². The Bertz CT molecular complexity index is 855. The van der Waals surface area contributed by atoms with Gasteiger partial charge in [0, 0.05) is 31.6 Å². The summed E-state index contributed by atoms with van der Waals surface area (Å²) in [6, 6.07) is 16.2. The minimum Gasteiger partial charge on any atom is -0.351 e. The topological polar surface area (TPSA) is 66.5 Å². The maximum absolute atomic E-state index is 12.4. The molecular formula is C19H22N2O3S. The zero-order chi connectivity index (χ0) is 18.1. The molecule has 25 heavy (non-hydrogen) atoms. The second-order valence-electron chi connectivity index (χ2n) is 6.64. The number of carbonyl (C=O) groups excluding carboxylic acids is 1. The smallest absolute Gasteiger partial charge is 0.251 e. The Morgan fingerprint density at radius 3 is 2.16 bits per heavy atom. The van der Waals surface area contributed by atoms with Crippen LogP contribution in [0.2, 0.25) is 0 Å². The molecule has 0 radical (unpaired) electrons. The Balaban J connectivity index is 1.67. The monoisotopic (exact) mass is 358 g/mol. The van der Waals surface area contributed by atoms with Crippen molar-refractivity contribution < 1.29 is 13.2 Å². The quantitative estimate of drug-likeness (QED) is 0.862. The number of nitrogens with one attached hydrogen (secondary N) is 1. The van der Waals surface area contributed by atoms with Crippen LogP contribution < -0.4 is 5.32 Å². The Hall–Kier alpha value is -2.18. The van der Waals surface area contributed by atoms with Gasteiger partial charge in [-0.15, -0.1) is 0 Å². The highest BCUT2D eigenvalue weighted by atomic mass is 32.2. The maximum Gasteiger partial charge on any atom is 0.251 e. The molecule has 1 aliphatic carbocycles. The zero-order valence-electron chi connectivity index (χ0n) is 14.4. The first-order chi connectivity index (χ1) is 11.8. The molecule has 0 spiro atoms. The molecule has 1 saturated carbocycles. The van der Waals surface area contributed by atoms with Crippen molar-refractivity contribution >= 4 is 15.9 Å². The van der Waals surface area contributed by atoms with Crippen LogP contribution in [-0.4, -0.2) is 39.3 Å². The van der Waals surface area contributed by atoms with E-state index in [1.54, 1.807) is 12.1 Å². The second kappa shape index (κ2) is 6.61. The van der Waals surface area contributed by atoms with Gasteiger partial charge < -0.3 is 5.32 Å². The predicted octanol–water partition coefficient (Wildman–Crippen LogP) is 2.40. The highest BCUT2D eigenvalue weighted by Crippen LogP contribution is 2.47. The standard InChI is InChI=1S/C19H22N2O3S/c1-21(2)25(23,24)17-10-8-15(9-11-17)18(22)20-14-19(12-13-19)16-6-4-3-5-7-16/h3-11H,12-14H2,1-2H3,(H,20,22). The van der Waals surface area contributed by atoms with Crippen LogP contribution in [0.15, 0.2) is 59.5 Å². The van der Waals surface area contributed by atoms with Crippen LogP contribution in [0.3, 0.4) is 0 Å². The van der Waals surface area contributed by atoms with Crippen molar-refractivity contribution in [1.82, 2.24) is 9.62 Å². The number of nitrogens with zero attached hydrogens (tertiary/aromatic N) is 1. The molecule has 5 nitrogen and oxygen atoms in total. The third-order valence-corrected chi connectivity index (χ3v) is 6.55. The lowest BCUT2D eigenvalue weighted by molar-refractivity contribution is 0.0949. The Kier molecular flexibility index (Phi) is 4.67. The number of hydrogen-bond donors (Lipinski definition) is 1. The van der Waals surface area contributed by atoms with Crippen molar-refractivity contribution in [3.8, 4) is 0 Å². The SMILES string of the molecule is CN(C)S(=O)(=O)c1ccc(C(=O)NCC2(c3ccccc3)CC2)cc1. The molecule has 0 unspecified atom stereocenters. The molecule has 0 aromatic heterocycles. The molecule has 3 rings (SSSR count). The molecule has 0 atom stereocenters. The second-order valence-corrected chi connectivity index (χ2v) is 8.79. The number of carbonyl (C=O) groups is 1. The van der Waals surface area contributed by atoms with E-state index in [2.05, 4.69) is 17.4 Å². The fraction of sp³-hybridized carbons (Fsp3) is 0.316. The minimum absolute atomic E-state index is 0.0467. The number of sulfonamides is 1. The van der Waals surface area contributed by atoms with Gasteiger partial charge in [-0.1, -0.05) is 30.3 Å². The molecule has 1 fully saturated rings. The van der Waals surface area contributed by atoms with Gasteiger partial charge in [-0.3, -0.25) is 4.79 Å². The van der Waals surface area contributed by atoms with Crippen LogP contribution in [0.4, 0.5) is 0 Å². The van der Waals surface area contributed by atoms with E-state index in [0.717, 1.165) is 17.1 Å². The molecule has 0 heterocycles. The highest BCUT2D eigenvalue weighted by Gasteiger charge is 2.44. The van der Waals surface area contributed by atoms with Crippen LogP contribution >= 0.6 is 0 Å². The predicted molar refractivity (Wildman–Crippen MR) is 97.0 cm³/mol. The molecule has 1 amide bonds. The van der Waals surface area contributed by atoms with Gasteiger partial charge in [0.2, 0.25) is 10.0 Å². The van der Waals surface area contributed by atoms with Crippen molar-refractivity contribution in [3.05, 3.63) is 65.7 Å². The van der Waals surface area contributed by atoms with Crippen molar-refractivity contribution in [1.29, 1.82) is 0 Å². The van der Waals surface area contributed by atoms with Gasteiger partial charge in [0.15, 0.2) is 0 Å². The van der Waals surface area contributed by atoms with Crippen LogP contribution in [0.25, 0.3) is 0 Å². The summed E-state index contributed by atoms with van der Waals surface area (Å²) in [5.41, 5.74) is 1.76. The fourth-order valence-electron chi connectivity index (χ4n) is 2.85. The van der Waals surface area contributed by atoms with Crippen molar-refractivity contribution in [2.45, 2.75) is 23.2 Å². The van der Waals surface area contributed by atoms with E-state index in [1.165, 1.54) is 31.8 Å². The Labute approximate surface area is 148 Å². The molecule has 2 aromatic rings. The van der Waals surface area contributed by atoms with Crippen LogP contribution in [-0.2, 0) is 15.4 Å². The van der Waals surface area contributed by atoms with Gasteiger partial charge in [-0.2, -0.15) is 0 Å². The zero-order valence-corrected chi connectivity index (χ0v) is 15.2. The first-order valence-electron chi connectivity index (χ1n) is 8.21. The summed E-state index contributed by atoms with van der Waals surface area (Å²) in [7, 11) is -0.518. The summed E-state index contributed by atoms with van der Waals surface area (Å²) in [5.74, 6) is -0.184. The molecular weight excluding hydrogens is 336 g/mol. The molecule has 1 aliphatic rings. The van der Waals surface area contributed by atoms with E-state index in [0.29, 0.717) is 12.1 Å². The molecule has 0 saturated heterocycles. The average Bonchev–Trinajstić information content (AvgIpc) is 3.41. The summed E-state index contributed by atoms with van der Waals surface area (Å²) >= 11 is 0. The van der Waals surface area contributed by atoms with Gasteiger partial charge in [0.1, 0.15) is 0 Å². The number of benzene rings is 2. The van der Waals surface area contributed by atoms with Crippen molar-refractivity contribution in [2.75, 3.05) is 20.6 Å². The fourth-order valence-corrected chi connectivity index (χ4v) is 3.75. The molecule has 2 aromatic carbocycles. The molecule has 132 valence electrons. The maximum atomic E-state index is 12.4. The first-order valence-corrected chi connectivity index (χ1v) is 9.65. The Morgan fingerprint density at radius 1 is 1.04 bits per heavy atom. The van der Waals surface area contributed by atoms with Gasteiger partial charge in [0.25, 0.3) is 5.91 Å². The largest absolute Gasteiger partial charge is 0.351 e.